The van der Waals surface area contributed by atoms with Crippen LogP contribution in [0.5, 0.6) is 17.2 Å². The summed E-state index contributed by atoms with van der Waals surface area (Å²) in [5.41, 5.74) is -3.25. The fraction of sp³-hybridized carbons (Fsp3) is 0.448. The highest BCUT2D eigenvalue weighted by Gasteiger charge is 2.49. The van der Waals surface area contributed by atoms with Crippen molar-refractivity contribution in [2.45, 2.75) is 76.3 Å². The number of aromatic hydroxyl groups is 2. The number of hydrogen-bond acceptors (Lipinski definition) is 11. The van der Waals surface area contributed by atoms with E-state index in [-0.39, 0.29) is 46.8 Å². The maximum atomic E-state index is 13.7. The molecule has 4 unspecified atom stereocenters. The Kier molecular flexibility index (Phi) is 7.14. The summed E-state index contributed by atoms with van der Waals surface area (Å²) in [6.45, 7) is 4.03. The van der Waals surface area contributed by atoms with Crippen molar-refractivity contribution < 1.29 is 53.8 Å². The van der Waals surface area contributed by atoms with Gasteiger partial charge in [0.25, 0.3) is 0 Å². The maximum Gasteiger partial charge on any atom is 0.217 e. The zero-order valence-corrected chi connectivity index (χ0v) is 22.9. The second-order valence-electron chi connectivity index (χ2n) is 10.8. The zero-order chi connectivity index (χ0) is 30.0. The molecule has 2 aliphatic carbocycles. The van der Waals surface area contributed by atoms with Crippen LogP contribution < -0.4 is 10.1 Å². The normalized spacial score (nSPS) is 28.8. The number of aliphatic hydroxyl groups excluding tert-OH is 1. The number of phenolic OH excluding ortho intramolecular Hbond substituents is 2. The van der Waals surface area contributed by atoms with E-state index < -0.39 is 82.6 Å². The maximum absolute atomic E-state index is 13.7. The number of ether oxygens (including phenoxy) is 3. The molecule has 5 N–H and O–H groups in total. The van der Waals surface area contributed by atoms with Crippen LogP contribution in [0, 0.1) is 0 Å². The lowest BCUT2D eigenvalue weighted by Gasteiger charge is -2.42. The summed E-state index contributed by atoms with van der Waals surface area (Å²) in [5, 5.41) is 47.4. The summed E-state index contributed by atoms with van der Waals surface area (Å²) >= 11 is 0. The standard InChI is InChI=1S/C29H31NO11/c1-11-24(33)16(30-13(3)32)8-19(40-11)41-18-10-29(38,12(2)31)9-15-21(18)28(37)23-22(26(15)35)25(34)14-6-5-7-17(39-4)20(14)27(23)36/h5-7,11,16,18-19,24,33,35,37-38H,8-10H2,1-4H3,(H,30,32)/t11?,16?,18?,19-,24+,29?/m0/s1. The molecule has 1 saturated heterocycles. The minimum atomic E-state index is -2.05. The topological polar surface area (TPSA) is 189 Å². The molecule has 6 atom stereocenters. The highest BCUT2D eigenvalue weighted by Crippen LogP contribution is 2.52. The number of ketones is 3. The van der Waals surface area contributed by atoms with E-state index in [0.29, 0.717) is 0 Å². The van der Waals surface area contributed by atoms with Crippen molar-refractivity contribution >= 4 is 23.3 Å². The lowest BCUT2D eigenvalue weighted by atomic mass is 9.72. The molecule has 0 spiro atoms. The molecule has 0 aromatic heterocycles. The Hall–Kier alpha value is -3.84. The van der Waals surface area contributed by atoms with Crippen molar-refractivity contribution in [1.82, 2.24) is 5.32 Å². The van der Waals surface area contributed by atoms with Gasteiger partial charge in [0.2, 0.25) is 11.7 Å². The molecule has 0 radical (unpaired) electrons. The van der Waals surface area contributed by atoms with Crippen LogP contribution in [0.25, 0.3) is 0 Å². The summed E-state index contributed by atoms with van der Waals surface area (Å²) < 4.78 is 17.2. The van der Waals surface area contributed by atoms with Crippen LogP contribution in [0.3, 0.4) is 0 Å². The van der Waals surface area contributed by atoms with Crippen LogP contribution >= 0.6 is 0 Å². The molecular weight excluding hydrogens is 538 g/mol. The number of hydrogen-bond donors (Lipinski definition) is 5. The summed E-state index contributed by atoms with van der Waals surface area (Å²) in [7, 11) is 1.33. The van der Waals surface area contributed by atoms with E-state index in [1.165, 1.54) is 32.2 Å². The minimum Gasteiger partial charge on any atom is -0.507 e. The van der Waals surface area contributed by atoms with Gasteiger partial charge in [-0.1, -0.05) is 12.1 Å². The van der Waals surface area contributed by atoms with Crippen LogP contribution in [0.4, 0.5) is 0 Å². The first-order valence-corrected chi connectivity index (χ1v) is 13.2. The lowest BCUT2D eigenvalue weighted by Crippen LogP contribution is -2.55. The van der Waals surface area contributed by atoms with Crippen LogP contribution in [0.1, 0.15) is 82.7 Å². The molecule has 5 rings (SSSR count). The van der Waals surface area contributed by atoms with Crippen molar-refractivity contribution in [2.75, 3.05) is 7.11 Å². The molecule has 1 aliphatic heterocycles. The average molecular weight is 570 g/mol. The first-order chi connectivity index (χ1) is 19.3. The smallest absolute Gasteiger partial charge is 0.217 e. The van der Waals surface area contributed by atoms with Crippen molar-refractivity contribution in [1.29, 1.82) is 0 Å². The number of benzene rings is 2. The molecule has 218 valence electrons. The second kappa shape index (κ2) is 10.2. The molecule has 0 saturated carbocycles. The van der Waals surface area contributed by atoms with Crippen LogP contribution in [-0.2, 0) is 25.5 Å². The van der Waals surface area contributed by atoms with E-state index in [1.807, 2.05) is 0 Å². The summed E-state index contributed by atoms with van der Waals surface area (Å²) in [5.74, 6) is -3.72. The van der Waals surface area contributed by atoms with Crippen LogP contribution in [0.2, 0.25) is 0 Å². The van der Waals surface area contributed by atoms with E-state index in [9.17, 15) is 39.6 Å². The van der Waals surface area contributed by atoms with Crippen molar-refractivity contribution in [3.05, 3.63) is 51.6 Å². The van der Waals surface area contributed by atoms with Gasteiger partial charge in [0.05, 0.1) is 42.0 Å². The largest absolute Gasteiger partial charge is 0.507 e. The fourth-order valence-electron chi connectivity index (χ4n) is 6.03. The third-order valence-corrected chi connectivity index (χ3v) is 8.14. The number of methoxy groups -OCH3 is 1. The molecule has 1 amide bonds. The zero-order valence-electron chi connectivity index (χ0n) is 22.9. The number of rotatable bonds is 5. The number of nitrogens with one attached hydrogen (secondary N) is 1. The first-order valence-electron chi connectivity index (χ1n) is 13.2. The lowest BCUT2D eigenvalue weighted by molar-refractivity contribution is -0.249. The van der Waals surface area contributed by atoms with Crippen LogP contribution in [-0.4, -0.2) is 80.9 Å². The van der Waals surface area contributed by atoms with Gasteiger partial charge in [-0.25, -0.2) is 0 Å². The number of phenols is 2. The third kappa shape index (κ3) is 4.56. The molecule has 1 fully saturated rings. The molecule has 12 heteroatoms. The van der Waals surface area contributed by atoms with Gasteiger partial charge in [0, 0.05) is 42.9 Å². The van der Waals surface area contributed by atoms with E-state index in [2.05, 4.69) is 5.32 Å². The molecule has 41 heavy (non-hydrogen) atoms. The Labute approximate surface area is 234 Å². The number of aliphatic hydroxyl groups is 2. The average Bonchev–Trinajstić information content (AvgIpc) is 2.91. The first kappa shape index (κ1) is 28.7. The van der Waals surface area contributed by atoms with Gasteiger partial charge in [-0.2, -0.15) is 0 Å². The number of Topliss-reactive ketones (excluding diaryl/α,β-unsaturated/α-hetero) is 1. The molecule has 2 aromatic carbocycles. The van der Waals surface area contributed by atoms with Gasteiger partial charge >= 0.3 is 0 Å². The monoisotopic (exact) mass is 569 g/mol. The quantitative estimate of drug-likeness (QED) is 0.278. The van der Waals surface area contributed by atoms with Crippen molar-refractivity contribution in [3.63, 3.8) is 0 Å². The Morgan fingerprint density at radius 2 is 1.76 bits per heavy atom. The van der Waals surface area contributed by atoms with Gasteiger partial charge < -0.3 is 40.0 Å². The molecule has 12 nitrogen and oxygen atoms in total. The predicted molar refractivity (Wildman–Crippen MR) is 140 cm³/mol. The Morgan fingerprint density at radius 3 is 2.39 bits per heavy atom. The predicted octanol–water partition coefficient (Wildman–Crippen LogP) is 1.21. The Balaban J connectivity index is 1.64. The molecule has 1 heterocycles. The van der Waals surface area contributed by atoms with Crippen molar-refractivity contribution in [3.8, 4) is 17.2 Å². The van der Waals surface area contributed by atoms with Gasteiger partial charge in [-0.05, 0) is 19.9 Å². The third-order valence-electron chi connectivity index (χ3n) is 8.14. The minimum absolute atomic E-state index is 0.0188. The van der Waals surface area contributed by atoms with Crippen LogP contribution in [0.15, 0.2) is 18.2 Å². The Bertz CT molecular complexity index is 1480. The number of carbonyl (C=O) groups excluding carboxylic acids is 4. The summed E-state index contributed by atoms with van der Waals surface area (Å²) in [6.07, 6.45) is -5.06. The van der Waals surface area contributed by atoms with E-state index in [1.54, 1.807) is 6.92 Å². The van der Waals surface area contributed by atoms with E-state index >= 15 is 0 Å². The number of amides is 1. The molecule has 0 bridgehead atoms. The van der Waals surface area contributed by atoms with Gasteiger partial charge in [0.1, 0.15) is 29.0 Å². The highest BCUT2D eigenvalue weighted by atomic mass is 16.7. The number of fused-ring (bicyclic) bond motifs is 3. The molecule has 3 aliphatic rings. The van der Waals surface area contributed by atoms with Gasteiger partial charge in [-0.3, -0.25) is 19.2 Å². The number of carbonyl (C=O) groups is 4. The molecule has 2 aromatic rings. The van der Waals surface area contributed by atoms with E-state index in [4.69, 9.17) is 14.2 Å². The SMILES string of the molecule is COc1cccc2c1C(=O)c1c(O)c3c(c(O)c1C2=O)CC(O)(C(C)=O)CC3O[C@H]1CC(NC(C)=O)[C@H](O)C(C)O1. The summed E-state index contributed by atoms with van der Waals surface area (Å²) in [4.78, 5) is 51.5. The summed E-state index contributed by atoms with van der Waals surface area (Å²) in [6, 6.07) is 3.66. The van der Waals surface area contributed by atoms with Crippen molar-refractivity contribution in [2.24, 2.45) is 0 Å². The van der Waals surface area contributed by atoms with E-state index in [0.717, 1.165) is 6.92 Å². The van der Waals surface area contributed by atoms with Gasteiger partial charge in [0.15, 0.2) is 17.9 Å². The van der Waals surface area contributed by atoms with Gasteiger partial charge in [-0.15, -0.1) is 0 Å². The highest BCUT2D eigenvalue weighted by molar-refractivity contribution is 6.31. The fourth-order valence-corrected chi connectivity index (χ4v) is 6.03. The second-order valence-corrected chi connectivity index (χ2v) is 10.8. The molecular formula is C29H31NO11. The Morgan fingerprint density at radius 1 is 1.07 bits per heavy atom.